The lowest BCUT2D eigenvalue weighted by Gasteiger charge is -2.34. The lowest BCUT2D eigenvalue weighted by Crippen LogP contribution is -2.56. The number of nitrogens with one attached hydrogen (secondary N) is 1. The molecule has 0 fully saturated rings. The highest BCUT2D eigenvalue weighted by Crippen LogP contribution is 2.47. The van der Waals surface area contributed by atoms with Gasteiger partial charge in [-0.3, -0.25) is 19.3 Å². The molecule has 10 heteroatoms. The van der Waals surface area contributed by atoms with Gasteiger partial charge in [0.1, 0.15) is 17.7 Å². The minimum absolute atomic E-state index is 0.0132. The molecule has 0 unspecified atom stereocenters. The van der Waals surface area contributed by atoms with Gasteiger partial charge in [-0.25, -0.2) is 8.78 Å². The molecule has 3 N–H and O–H groups in total. The average Bonchev–Trinajstić information content (AvgIpc) is 2.95. The summed E-state index contributed by atoms with van der Waals surface area (Å²) < 4.78 is 27.6. The second-order valence-corrected chi connectivity index (χ2v) is 9.93. The standard InChI is InChI=1S/C26H22ClF2N3O3S/c1-14(30)26(35)32(22(33)12-15-10-16(28)13-17(29)11-15)23-24(18-6-2-3-7-19(18)27)36-21-9-5-4-8-20(21)31-25(23)34/h2-11,13-14,23-24H,12,30H2,1H3,(H,31,34)/t14-,23-,24+/m0/s1. The number of nitrogens with two attached hydrogens (primary N) is 1. The summed E-state index contributed by atoms with van der Waals surface area (Å²) >= 11 is 7.77. The van der Waals surface area contributed by atoms with E-state index in [1.807, 2.05) is 6.07 Å². The van der Waals surface area contributed by atoms with Crippen LogP contribution in [0.25, 0.3) is 0 Å². The number of anilines is 1. The third kappa shape index (κ3) is 5.43. The Hall–Kier alpha value is -3.27. The van der Waals surface area contributed by atoms with Crippen LogP contribution in [-0.4, -0.2) is 34.7 Å². The van der Waals surface area contributed by atoms with Crippen LogP contribution >= 0.6 is 23.4 Å². The van der Waals surface area contributed by atoms with Crippen LogP contribution in [0.2, 0.25) is 5.02 Å². The molecule has 4 rings (SSSR count). The Bertz CT molecular complexity index is 1320. The van der Waals surface area contributed by atoms with Gasteiger partial charge in [0.05, 0.1) is 23.4 Å². The normalized spacial score (nSPS) is 18.0. The molecule has 0 saturated heterocycles. The summed E-state index contributed by atoms with van der Waals surface area (Å²) in [5.74, 6) is -3.98. The van der Waals surface area contributed by atoms with Crippen molar-refractivity contribution in [2.75, 3.05) is 5.32 Å². The van der Waals surface area contributed by atoms with Crippen LogP contribution < -0.4 is 11.1 Å². The summed E-state index contributed by atoms with van der Waals surface area (Å²) in [5, 5.41) is 2.35. The number of nitrogens with zero attached hydrogens (tertiary/aromatic N) is 1. The van der Waals surface area contributed by atoms with Crippen LogP contribution in [0.5, 0.6) is 0 Å². The largest absolute Gasteiger partial charge is 0.323 e. The summed E-state index contributed by atoms with van der Waals surface area (Å²) in [6.07, 6.45) is -0.524. The fourth-order valence-electron chi connectivity index (χ4n) is 4.02. The number of carbonyl (C=O) groups excluding carboxylic acids is 3. The van der Waals surface area contributed by atoms with Crippen molar-refractivity contribution in [1.82, 2.24) is 4.90 Å². The zero-order chi connectivity index (χ0) is 26.0. The summed E-state index contributed by atoms with van der Waals surface area (Å²) in [4.78, 5) is 42.0. The molecule has 3 amide bonds. The Morgan fingerprint density at radius 2 is 1.72 bits per heavy atom. The van der Waals surface area contributed by atoms with Gasteiger partial charge in [-0.1, -0.05) is 41.9 Å². The number of benzene rings is 3. The molecule has 1 aliphatic heterocycles. The van der Waals surface area contributed by atoms with Gasteiger partial charge >= 0.3 is 0 Å². The Morgan fingerprint density at radius 1 is 1.08 bits per heavy atom. The van der Waals surface area contributed by atoms with Gasteiger partial charge in [-0.2, -0.15) is 0 Å². The summed E-state index contributed by atoms with van der Waals surface area (Å²) in [6, 6.07) is 14.1. The zero-order valence-electron chi connectivity index (χ0n) is 19.1. The minimum atomic E-state index is -1.35. The van der Waals surface area contributed by atoms with Crippen molar-refractivity contribution in [3.05, 3.63) is 94.5 Å². The van der Waals surface area contributed by atoms with Gasteiger partial charge in [0.2, 0.25) is 17.7 Å². The van der Waals surface area contributed by atoms with Crippen LogP contribution in [0.1, 0.15) is 23.3 Å². The smallest absolute Gasteiger partial charge is 0.249 e. The van der Waals surface area contributed by atoms with Crippen LogP contribution in [-0.2, 0) is 20.8 Å². The molecule has 0 aliphatic carbocycles. The van der Waals surface area contributed by atoms with E-state index < -0.39 is 53.1 Å². The highest BCUT2D eigenvalue weighted by atomic mass is 35.5. The topological polar surface area (TPSA) is 92.5 Å². The molecular weight excluding hydrogens is 508 g/mol. The van der Waals surface area contributed by atoms with E-state index >= 15 is 0 Å². The fraction of sp³-hybridized carbons (Fsp3) is 0.192. The number of imide groups is 1. The van der Waals surface area contributed by atoms with Crippen LogP contribution in [0.3, 0.4) is 0 Å². The average molecular weight is 530 g/mol. The Kier molecular flexibility index (Phi) is 7.73. The first-order chi connectivity index (χ1) is 17.2. The van der Waals surface area contributed by atoms with Gasteiger partial charge in [0, 0.05) is 16.0 Å². The van der Waals surface area contributed by atoms with E-state index in [1.165, 1.54) is 18.7 Å². The molecule has 0 spiro atoms. The zero-order valence-corrected chi connectivity index (χ0v) is 20.7. The number of carbonyl (C=O) groups is 3. The molecule has 1 aliphatic rings. The Morgan fingerprint density at radius 3 is 2.39 bits per heavy atom. The first-order valence-electron chi connectivity index (χ1n) is 11.0. The van der Waals surface area contributed by atoms with E-state index in [-0.39, 0.29) is 5.56 Å². The summed E-state index contributed by atoms with van der Waals surface area (Å²) in [7, 11) is 0. The molecule has 3 aromatic carbocycles. The maximum atomic E-state index is 13.8. The van der Waals surface area contributed by atoms with E-state index in [1.54, 1.807) is 42.5 Å². The van der Waals surface area contributed by atoms with Gasteiger partial charge in [-0.15, -0.1) is 11.8 Å². The SMILES string of the molecule is C[C@H](N)C(=O)N(C(=O)Cc1cc(F)cc(F)c1)[C@@H]1C(=O)Nc2ccccc2S[C@@H]1c1ccccc1Cl. The first kappa shape index (κ1) is 25.8. The number of amides is 3. The van der Waals surface area contributed by atoms with E-state index in [0.717, 1.165) is 17.0 Å². The molecule has 3 atom stereocenters. The number of thioether (sulfide) groups is 1. The maximum Gasteiger partial charge on any atom is 0.249 e. The molecule has 0 saturated carbocycles. The molecule has 0 bridgehead atoms. The molecular formula is C26H22ClF2N3O3S. The highest BCUT2D eigenvalue weighted by Gasteiger charge is 2.44. The molecule has 3 aromatic rings. The molecule has 0 aromatic heterocycles. The van der Waals surface area contributed by atoms with Crippen molar-refractivity contribution in [2.24, 2.45) is 5.73 Å². The molecule has 36 heavy (non-hydrogen) atoms. The van der Waals surface area contributed by atoms with Crippen LogP contribution in [0.15, 0.2) is 71.6 Å². The molecule has 186 valence electrons. The van der Waals surface area contributed by atoms with Crippen molar-refractivity contribution < 1.29 is 23.2 Å². The fourth-order valence-corrected chi connectivity index (χ4v) is 5.72. The van der Waals surface area contributed by atoms with Gasteiger partial charge < -0.3 is 11.1 Å². The third-order valence-corrected chi connectivity index (χ3v) is 7.34. The molecule has 0 radical (unpaired) electrons. The summed E-state index contributed by atoms with van der Waals surface area (Å²) in [5.41, 5.74) is 6.94. The Labute approximate surface area is 215 Å². The van der Waals surface area contributed by atoms with E-state index in [2.05, 4.69) is 5.32 Å². The van der Waals surface area contributed by atoms with Crippen molar-refractivity contribution in [2.45, 2.75) is 35.6 Å². The predicted octanol–water partition coefficient (Wildman–Crippen LogP) is 4.72. The lowest BCUT2D eigenvalue weighted by atomic mass is 10.0. The number of fused-ring (bicyclic) bond motifs is 1. The number of hydrogen-bond donors (Lipinski definition) is 2. The highest BCUT2D eigenvalue weighted by molar-refractivity contribution is 7.99. The van der Waals surface area contributed by atoms with Crippen molar-refractivity contribution in [3.8, 4) is 0 Å². The number of hydrogen-bond acceptors (Lipinski definition) is 5. The predicted molar refractivity (Wildman–Crippen MR) is 134 cm³/mol. The second kappa shape index (κ2) is 10.8. The van der Waals surface area contributed by atoms with E-state index in [4.69, 9.17) is 17.3 Å². The first-order valence-corrected chi connectivity index (χ1v) is 12.3. The molecule has 1 heterocycles. The Balaban J connectivity index is 1.83. The quantitative estimate of drug-likeness (QED) is 0.499. The van der Waals surface area contributed by atoms with Crippen molar-refractivity contribution in [1.29, 1.82) is 0 Å². The number of halogens is 3. The third-order valence-electron chi connectivity index (χ3n) is 5.62. The van der Waals surface area contributed by atoms with Crippen LogP contribution in [0.4, 0.5) is 14.5 Å². The van der Waals surface area contributed by atoms with Crippen molar-refractivity contribution in [3.63, 3.8) is 0 Å². The van der Waals surface area contributed by atoms with E-state index in [0.29, 0.717) is 27.2 Å². The molecule has 6 nitrogen and oxygen atoms in total. The van der Waals surface area contributed by atoms with Crippen molar-refractivity contribution >= 4 is 46.8 Å². The lowest BCUT2D eigenvalue weighted by molar-refractivity contribution is -0.151. The number of rotatable bonds is 5. The van der Waals surface area contributed by atoms with Gasteiger partial charge in [0.15, 0.2) is 0 Å². The van der Waals surface area contributed by atoms with Crippen LogP contribution in [0, 0.1) is 11.6 Å². The van der Waals surface area contributed by atoms with Gasteiger partial charge in [-0.05, 0) is 48.4 Å². The van der Waals surface area contributed by atoms with Gasteiger partial charge in [0.25, 0.3) is 0 Å². The second-order valence-electron chi connectivity index (χ2n) is 8.34. The summed E-state index contributed by atoms with van der Waals surface area (Å²) in [6.45, 7) is 1.39. The monoisotopic (exact) mass is 529 g/mol. The number of para-hydroxylation sites is 1. The minimum Gasteiger partial charge on any atom is -0.323 e. The maximum absolute atomic E-state index is 13.8. The van der Waals surface area contributed by atoms with E-state index in [9.17, 15) is 23.2 Å².